The molecule has 0 saturated heterocycles. The number of pyridine rings is 1. The summed E-state index contributed by atoms with van der Waals surface area (Å²) < 4.78 is 13.5. The Balaban J connectivity index is 1.26. The predicted molar refractivity (Wildman–Crippen MR) is 148 cm³/mol. The number of ether oxygens (including phenoxy) is 1. The number of hydrogen-bond donors (Lipinski definition) is 2. The lowest BCUT2D eigenvalue weighted by molar-refractivity contribution is -0.139. The molecule has 4 heterocycles. The molecule has 1 aliphatic carbocycles. The molecule has 0 radical (unpaired) electrons. The Morgan fingerprint density at radius 2 is 1.92 bits per heavy atom. The first-order valence-corrected chi connectivity index (χ1v) is 13.7. The van der Waals surface area contributed by atoms with Gasteiger partial charge in [-0.3, -0.25) is 10.1 Å². The maximum atomic E-state index is 12.8. The molecule has 1 saturated carbocycles. The number of carbonyl (C=O) groups is 2. The van der Waals surface area contributed by atoms with Crippen molar-refractivity contribution in [3.05, 3.63) is 81.4 Å². The van der Waals surface area contributed by atoms with Crippen molar-refractivity contribution in [2.24, 2.45) is 0 Å². The van der Waals surface area contributed by atoms with E-state index >= 15 is 0 Å². The SMILES string of the molecule is Cc1ccccc1C(C)OC(=O)Nc1c(C#Cc2cc3sc(C4(C(=O)O)CC4)cc3s2)oc2ncccc12. The number of aryl methyl sites for hydroxylation is 1. The summed E-state index contributed by atoms with van der Waals surface area (Å²) in [6, 6.07) is 15.3. The van der Waals surface area contributed by atoms with Crippen LogP contribution in [-0.4, -0.2) is 22.2 Å². The van der Waals surface area contributed by atoms with Crippen LogP contribution in [0.3, 0.4) is 0 Å². The standard InChI is InChI=1S/C29H22N2O5S2/c1-16-6-3-4-7-19(16)17(2)35-28(34)31-25-20-8-5-13-30-26(20)36-21(25)10-9-18-14-22-23(37-18)15-24(38-22)29(11-12-29)27(32)33/h3-8,13-15,17H,11-12H2,1-2H3,(H,31,34)(H,32,33). The summed E-state index contributed by atoms with van der Waals surface area (Å²) in [5.41, 5.74) is 2.02. The number of carboxylic acids is 1. The molecule has 4 aromatic heterocycles. The van der Waals surface area contributed by atoms with Crippen molar-refractivity contribution in [1.82, 2.24) is 4.98 Å². The van der Waals surface area contributed by atoms with Crippen LogP contribution in [0.1, 0.15) is 52.5 Å². The zero-order chi connectivity index (χ0) is 26.4. The highest BCUT2D eigenvalue weighted by atomic mass is 32.1. The van der Waals surface area contributed by atoms with Gasteiger partial charge in [0.1, 0.15) is 17.2 Å². The van der Waals surface area contributed by atoms with Gasteiger partial charge in [0.05, 0.1) is 10.3 Å². The van der Waals surface area contributed by atoms with Gasteiger partial charge in [0.15, 0.2) is 0 Å². The van der Waals surface area contributed by atoms with Gasteiger partial charge in [-0.15, -0.1) is 22.7 Å². The summed E-state index contributed by atoms with van der Waals surface area (Å²) in [5, 5.41) is 13.0. The third-order valence-electron chi connectivity index (χ3n) is 6.74. The molecular formula is C29H22N2O5S2. The first-order valence-electron chi connectivity index (χ1n) is 12.0. The molecule has 1 amide bonds. The minimum Gasteiger partial charge on any atom is -0.481 e. The molecule has 7 nitrogen and oxygen atoms in total. The highest BCUT2D eigenvalue weighted by Gasteiger charge is 2.53. The van der Waals surface area contributed by atoms with Gasteiger partial charge < -0.3 is 14.3 Å². The molecule has 190 valence electrons. The number of fused-ring (bicyclic) bond motifs is 2. The van der Waals surface area contributed by atoms with Crippen molar-refractivity contribution in [3.63, 3.8) is 0 Å². The molecule has 5 aromatic rings. The Labute approximate surface area is 226 Å². The molecule has 38 heavy (non-hydrogen) atoms. The van der Waals surface area contributed by atoms with E-state index in [4.69, 9.17) is 9.15 Å². The van der Waals surface area contributed by atoms with Crippen molar-refractivity contribution in [2.75, 3.05) is 5.32 Å². The minimum atomic E-state index is -0.753. The number of aromatic nitrogens is 1. The number of nitrogens with zero attached hydrogens (tertiary/aromatic N) is 1. The smallest absolute Gasteiger partial charge is 0.412 e. The molecule has 0 spiro atoms. The molecule has 9 heteroatoms. The van der Waals surface area contributed by atoms with E-state index < -0.39 is 23.6 Å². The van der Waals surface area contributed by atoms with E-state index in [-0.39, 0.29) is 5.76 Å². The Kier molecular flexibility index (Phi) is 5.94. The van der Waals surface area contributed by atoms with Gasteiger partial charge in [-0.05, 0) is 73.9 Å². The number of anilines is 1. The predicted octanol–water partition coefficient (Wildman–Crippen LogP) is 7.24. The van der Waals surface area contributed by atoms with Gasteiger partial charge >= 0.3 is 12.1 Å². The van der Waals surface area contributed by atoms with Gasteiger partial charge in [0, 0.05) is 20.5 Å². The molecule has 1 unspecified atom stereocenters. The number of furan rings is 1. The second-order valence-electron chi connectivity index (χ2n) is 9.28. The minimum absolute atomic E-state index is 0.277. The number of benzene rings is 1. The fourth-order valence-corrected chi connectivity index (χ4v) is 6.97. The maximum Gasteiger partial charge on any atom is 0.412 e. The lowest BCUT2D eigenvalue weighted by atomic mass is 10.1. The van der Waals surface area contributed by atoms with Crippen molar-refractivity contribution < 1.29 is 23.8 Å². The topological polar surface area (TPSA) is 102 Å². The average Bonchev–Trinajstić information content (AvgIpc) is 3.32. The van der Waals surface area contributed by atoms with Crippen molar-refractivity contribution in [2.45, 2.75) is 38.2 Å². The van der Waals surface area contributed by atoms with Crippen LogP contribution in [0.5, 0.6) is 0 Å². The lowest BCUT2D eigenvalue weighted by Gasteiger charge is -2.16. The zero-order valence-corrected chi connectivity index (χ0v) is 22.2. The highest BCUT2D eigenvalue weighted by Crippen LogP contribution is 2.52. The molecule has 1 fully saturated rings. The molecule has 1 aromatic carbocycles. The molecule has 0 bridgehead atoms. The number of thiophene rings is 2. The van der Waals surface area contributed by atoms with Gasteiger partial charge in [-0.2, -0.15) is 0 Å². The Morgan fingerprint density at radius 1 is 1.13 bits per heavy atom. The van der Waals surface area contributed by atoms with Crippen LogP contribution in [0.4, 0.5) is 10.5 Å². The summed E-state index contributed by atoms with van der Waals surface area (Å²) >= 11 is 3.01. The maximum absolute atomic E-state index is 12.8. The van der Waals surface area contributed by atoms with E-state index in [2.05, 4.69) is 22.1 Å². The van der Waals surface area contributed by atoms with Crippen LogP contribution in [0.15, 0.2) is 59.1 Å². The quantitative estimate of drug-likeness (QED) is 0.227. The molecule has 6 rings (SSSR count). The lowest BCUT2D eigenvalue weighted by Crippen LogP contribution is -2.17. The number of carboxylic acid groups (broad SMARTS) is 1. The molecular weight excluding hydrogens is 520 g/mol. The second kappa shape index (κ2) is 9.31. The van der Waals surface area contributed by atoms with Gasteiger partial charge in [0.25, 0.3) is 0 Å². The fourth-order valence-electron chi connectivity index (χ4n) is 4.49. The van der Waals surface area contributed by atoms with E-state index in [1.165, 1.54) is 22.7 Å². The average molecular weight is 543 g/mol. The van der Waals surface area contributed by atoms with E-state index in [0.717, 1.165) is 30.3 Å². The fraction of sp³-hybridized carbons (Fsp3) is 0.207. The van der Waals surface area contributed by atoms with Gasteiger partial charge in [0.2, 0.25) is 11.5 Å². The number of carbonyl (C=O) groups excluding carboxylic acids is 1. The van der Waals surface area contributed by atoms with Gasteiger partial charge in [-0.1, -0.05) is 24.3 Å². The van der Waals surface area contributed by atoms with Crippen molar-refractivity contribution in [1.29, 1.82) is 0 Å². The van der Waals surface area contributed by atoms with Crippen molar-refractivity contribution in [3.8, 4) is 11.8 Å². The highest BCUT2D eigenvalue weighted by molar-refractivity contribution is 7.28. The van der Waals surface area contributed by atoms with Crippen molar-refractivity contribution >= 4 is 60.9 Å². The summed E-state index contributed by atoms with van der Waals surface area (Å²) in [6.07, 6.45) is 1.92. The number of aliphatic carboxylic acids is 1. The Hall–Kier alpha value is -4.13. The summed E-state index contributed by atoms with van der Waals surface area (Å²) in [6.45, 7) is 3.80. The summed E-state index contributed by atoms with van der Waals surface area (Å²) in [4.78, 5) is 30.5. The number of nitrogens with one attached hydrogen (secondary N) is 1. The molecule has 0 aliphatic heterocycles. The second-order valence-corrected chi connectivity index (χ2v) is 11.4. The number of rotatable bonds is 5. The molecule has 1 atom stereocenters. The third kappa shape index (κ3) is 4.32. The largest absolute Gasteiger partial charge is 0.481 e. The first kappa shape index (κ1) is 24.2. The molecule has 1 aliphatic rings. The normalized spacial score (nSPS) is 14.6. The first-order chi connectivity index (χ1) is 18.3. The van der Waals surface area contributed by atoms with Crippen LogP contribution < -0.4 is 5.32 Å². The van der Waals surface area contributed by atoms with Crippen LogP contribution in [0.2, 0.25) is 0 Å². The van der Waals surface area contributed by atoms with Gasteiger partial charge in [-0.25, -0.2) is 9.78 Å². The Bertz CT molecular complexity index is 1750. The third-order valence-corrected chi connectivity index (χ3v) is 9.15. The molecule has 2 N–H and O–H groups in total. The van der Waals surface area contributed by atoms with E-state index in [1.807, 2.05) is 50.2 Å². The Morgan fingerprint density at radius 3 is 2.66 bits per heavy atom. The van der Waals surface area contributed by atoms with E-state index in [0.29, 0.717) is 29.6 Å². The van der Waals surface area contributed by atoms with Crippen LogP contribution >= 0.6 is 22.7 Å². The van der Waals surface area contributed by atoms with E-state index in [1.54, 1.807) is 18.3 Å². The number of hydrogen-bond acceptors (Lipinski definition) is 7. The van der Waals surface area contributed by atoms with Crippen LogP contribution in [-0.2, 0) is 14.9 Å². The number of amides is 1. The van der Waals surface area contributed by atoms with Crippen LogP contribution in [0, 0.1) is 18.8 Å². The summed E-state index contributed by atoms with van der Waals surface area (Å²) in [5.74, 6) is 5.69. The monoisotopic (exact) mass is 542 g/mol. The van der Waals surface area contributed by atoms with Crippen LogP contribution in [0.25, 0.3) is 20.5 Å². The van der Waals surface area contributed by atoms with E-state index in [9.17, 15) is 14.7 Å². The summed E-state index contributed by atoms with van der Waals surface area (Å²) in [7, 11) is 0. The zero-order valence-electron chi connectivity index (χ0n) is 20.5.